The average molecular weight is 325 g/mol. The third-order valence-corrected chi connectivity index (χ3v) is 4.40. The first-order valence-corrected chi connectivity index (χ1v) is 8.40. The van der Waals surface area contributed by atoms with Crippen LogP contribution in [0.25, 0.3) is 22.0 Å². The van der Waals surface area contributed by atoms with Crippen molar-refractivity contribution in [1.29, 1.82) is 0 Å². The molecule has 0 bridgehead atoms. The molecule has 122 valence electrons. The van der Waals surface area contributed by atoms with E-state index in [9.17, 15) is 0 Å². The number of fused-ring (bicyclic) bond motifs is 1. The Hall–Kier alpha value is -3.13. The van der Waals surface area contributed by atoms with Crippen molar-refractivity contribution in [2.24, 2.45) is 0 Å². The summed E-state index contributed by atoms with van der Waals surface area (Å²) in [6.07, 6.45) is 0.813. The van der Waals surface area contributed by atoms with Gasteiger partial charge in [-0.15, -0.1) is 0 Å². The molecule has 0 atom stereocenters. The summed E-state index contributed by atoms with van der Waals surface area (Å²) in [5, 5.41) is 1.09. The van der Waals surface area contributed by atoms with Crippen LogP contribution in [0.1, 0.15) is 11.3 Å². The number of benzene rings is 3. The van der Waals surface area contributed by atoms with Gasteiger partial charge in [0.2, 0.25) is 0 Å². The van der Waals surface area contributed by atoms with E-state index in [4.69, 9.17) is 9.72 Å². The quantitative estimate of drug-likeness (QED) is 0.494. The second kappa shape index (κ2) is 6.78. The van der Waals surface area contributed by atoms with E-state index < -0.39 is 0 Å². The predicted molar refractivity (Wildman–Crippen MR) is 103 cm³/mol. The summed E-state index contributed by atoms with van der Waals surface area (Å²) in [6.45, 7) is 0. The van der Waals surface area contributed by atoms with E-state index in [0.717, 1.165) is 28.8 Å². The third-order valence-electron chi connectivity index (χ3n) is 4.40. The van der Waals surface area contributed by atoms with Gasteiger partial charge < -0.3 is 4.74 Å². The Labute approximate surface area is 147 Å². The lowest BCUT2D eigenvalue weighted by molar-refractivity contribution is 0.415. The normalized spacial score (nSPS) is 10.8. The van der Waals surface area contributed by atoms with Crippen LogP contribution in [-0.2, 0) is 6.42 Å². The summed E-state index contributed by atoms with van der Waals surface area (Å²) >= 11 is 0. The molecule has 3 aromatic carbocycles. The molecule has 1 heterocycles. The van der Waals surface area contributed by atoms with Gasteiger partial charge in [0, 0.05) is 17.4 Å². The Balaban J connectivity index is 1.89. The molecule has 25 heavy (non-hydrogen) atoms. The number of ether oxygens (including phenoxy) is 1. The van der Waals surface area contributed by atoms with Crippen molar-refractivity contribution < 1.29 is 4.74 Å². The van der Waals surface area contributed by atoms with Crippen molar-refractivity contribution in [3.63, 3.8) is 0 Å². The maximum atomic E-state index is 5.37. The number of rotatable bonds is 4. The largest absolute Gasteiger partial charge is 0.497 e. The van der Waals surface area contributed by atoms with Crippen molar-refractivity contribution in [3.8, 4) is 16.9 Å². The zero-order valence-corrected chi connectivity index (χ0v) is 14.1. The second-order valence-electron chi connectivity index (χ2n) is 6.07. The summed E-state index contributed by atoms with van der Waals surface area (Å²) in [5.74, 6) is 0.851. The minimum atomic E-state index is 0.813. The van der Waals surface area contributed by atoms with Gasteiger partial charge >= 0.3 is 0 Å². The van der Waals surface area contributed by atoms with Crippen LogP contribution in [0.5, 0.6) is 5.75 Å². The van der Waals surface area contributed by atoms with Crippen molar-refractivity contribution in [1.82, 2.24) is 4.98 Å². The summed E-state index contributed by atoms with van der Waals surface area (Å²) < 4.78 is 5.37. The molecule has 0 N–H and O–H groups in total. The smallest absolute Gasteiger partial charge is 0.119 e. The van der Waals surface area contributed by atoms with Crippen LogP contribution in [0.3, 0.4) is 0 Å². The standard InChI is InChI=1S/C23H19NO/c1-25-20-12-13-22-19(15-20)16-21(18-10-6-3-7-11-18)23(24-22)14-17-8-4-2-5-9-17/h2-13,15-16H,14H2,1H3. The Bertz CT molecular complexity index is 994. The molecule has 0 fully saturated rings. The highest BCUT2D eigenvalue weighted by Crippen LogP contribution is 2.29. The molecule has 0 aliphatic carbocycles. The van der Waals surface area contributed by atoms with Crippen molar-refractivity contribution in [3.05, 3.63) is 96.2 Å². The van der Waals surface area contributed by atoms with E-state index in [1.165, 1.54) is 16.7 Å². The van der Waals surface area contributed by atoms with Gasteiger partial charge in [-0.2, -0.15) is 0 Å². The number of hydrogen-bond acceptors (Lipinski definition) is 2. The molecule has 4 rings (SSSR count). The Morgan fingerprint density at radius 2 is 1.52 bits per heavy atom. The zero-order valence-electron chi connectivity index (χ0n) is 14.1. The molecule has 0 aliphatic rings. The van der Waals surface area contributed by atoms with Crippen LogP contribution >= 0.6 is 0 Å². The first-order chi connectivity index (χ1) is 12.3. The molecule has 0 saturated carbocycles. The third kappa shape index (κ3) is 3.24. The lowest BCUT2D eigenvalue weighted by Gasteiger charge is -2.12. The van der Waals surface area contributed by atoms with Crippen molar-refractivity contribution >= 4 is 10.9 Å². The molecule has 0 aliphatic heterocycles. The lowest BCUT2D eigenvalue weighted by Crippen LogP contribution is -1.97. The van der Waals surface area contributed by atoms with Gasteiger partial charge in [-0.1, -0.05) is 60.7 Å². The molecule has 4 aromatic rings. The van der Waals surface area contributed by atoms with Crippen LogP contribution in [0.15, 0.2) is 84.9 Å². The summed E-state index contributed by atoms with van der Waals surface area (Å²) in [6, 6.07) is 29.2. The number of nitrogens with zero attached hydrogens (tertiary/aromatic N) is 1. The van der Waals surface area contributed by atoms with E-state index in [1.807, 2.05) is 30.3 Å². The summed E-state index contributed by atoms with van der Waals surface area (Å²) in [7, 11) is 1.69. The van der Waals surface area contributed by atoms with Gasteiger partial charge in [-0.3, -0.25) is 4.98 Å². The van der Waals surface area contributed by atoms with Gasteiger partial charge in [-0.05, 0) is 35.4 Å². The van der Waals surface area contributed by atoms with E-state index in [2.05, 4.69) is 54.6 Å². The summed E-state index contributed by atoms with van der Waals surface area (Å²) in [4.78, 5) is 4.97. The minimum Gasteiger partial charge on any atom is -0.497 e. The summed E-state index contributed by atoms with van der Waals surface area (Å²) in [5.41, 5.74) is 5.71. The van der Waals surface area contributed by atoms with Crippen LogP contribution in [0.2, 0.25) is 0 Å². The monoisotopic (exact) mass is 325 g/mol. The number of aromatic nitrogens is 1. The van der Waals surface area contributed by atoms with Crippen molar-refractivity contribution in [2.45, 2.75) is 6.42 Å². The fourth-order valence-electron chi connectivity index (χ4n) is 3.11. The van der Waals surface area contributed by atoms with Crippen LogP contribution in [0, 0.1) is 0 Å². The van der Waals surface area contributed by atoms with Crippen LogP contribution in [0.4, 0.5) is 0 Å². The average Bonchev–Trinajstić information content (AvgIpc) is 2.68. The Morgan fingerprint density at radius 1 is 0.800 bits per heavy atom. The van der Waals surface area contributed by atoms with Gasteiger partial charge in [0.05, 0.1) is 18.3 Å². The highest BCUT2D eigenvalue weighted by Gasteiger charge is 2.10. The molecular formula is C23H19NO. The van der Waals surface area contributed by atoms with E-state index >= 15 is 0 Å². The first-order valence-electron chi connectivity index (χ1n) is 8.40. The topological polar surface area (TPSA) is 22.1 Å². The van der Waals surface area contributed by atoms with Gasteiger partial charge in [0.1, 0.15) is 5.75 Å². The first kappa shape index (κ1) is 15.4. The fraction of sp³-hybridized carbons (Fsp3) is 0.0870. The number of methoxy groups -OCH3 is 1. The zero-order chi connectivity index (χ0) is 17.1. The molecular weight excluding hydrogens is 306 g/mol. The maximum Gasteiger partial charge on any atom is 0.119 e. The highest BCUT2D eigenvalue weighted by molar-refractivity contribution is 5.86. The van der Waals surface area contributed by atoms with E-state index in [-0.39, 0.29) is 0 Å². The van der Waals surface area contributed by atoms with Gasteiger partial charge in [-0.25, -0.2) is 0 Å². The van der Waals surface area contributed by atoms with Gasteiger partial charge in [0.15, 0.2) is 0 Å². The molecule has 2 heteroatoms. The van der Waals surface area contributed by atoms with Crippen LogP contribution < -0.4 is 4.74 Å². The van der Waals surface area contributed by atoms with Gasteiger partial charge in [0.25, 0.3) is 0 Å². The molecule has 2 nitrogen and oxygen atoms in total. The van der Waals surface area contributed by atoms with E-state index in [0.29, 0.717) is 0 Å². The van der Waals surface area contributed by atoms with E-state index in [1.54, 1.807) is 7.11 Å². The molecule has 0 radical (unpaired) electrons. The minimum absolute atomic E-state index is 0.813. The molecule has 0 amide bonds. The molecule has 0 unspecified atom stereocenters. The number of hydrogen-bond donors (Lipinski definition) is 0. The lowest BCUT2D eigenvalue weighted by atomic mass is 9.97. The second-order valence-corrected chi connectivity index (χ2v) is 6.07. The molecule has 1 aromatic heterocycles. The highest BCUT2D eigenvalue weighted by atomic mass is 16.5. The fourth-order valence-corrected chi connectivity index (χ4v) is 3.11. The molecule has 0 saturated heterocycles. The Kier molecular flexibility index (Phi) is 4.17. The SMILES string of the molecule is COc1ccc2nc(Cc3ccccc3)c(-c3ccccc3)cc2c1. The van der Waals surface area contributed by atoms with Crippen LogP contribution in [-0.4, -0.2) is 12.1 Å². The predicted octanol–water partition coefficient (Wildman–Crippen LogP) is 5.50. The maximum absolute atomic E-state index is 5.37. The number of pyridine rings is 1. The Morgan fingerprint density at radius 3 is 2.24 bits per heavy atom. The van der Waals surface area contributed by atoms with Crippen molar-refractivity contribution in [2.75, 3.05) is 7.11 Å². The molecule has 0 spiro atoms.